The SMILES string of the molecule is O=C(Cc1ccc(OC2CCC2)cc1)Nc1ccn(Cc2ccc(F)cn2)n1. The van der Waals surface area contributed by atoms with Crippen LogP contribution in [0.4, 0.5) is 10.2 Å². The Morgan fingerprint density at radius 2 is 2.00 bits per heavy atom. The van der Waals surface area contributed by atoms with E-state index in [2.05, 4.69) is 15.4 Å². The molecule has 1 fully saturated rings. The molecule has 4 rings (SSSR count). The zero-order chi connectivity index (χ0) is 19.3. The molecule has 1 aliphatic carbocycles. The highest BCUT2D eigenvalue weighted by atomic mass is 19.1. The molecule has 2 aromatic heterocycles. The lowest BCUT2D eigenvalue weighted by Crippen LogP contribution is -2.24. The zero-order valence-corrected chi connectivity index (χ0v) is 15.3. The maximum atomic E-state index is 12.9. The van der Waals surface area contributed by atoms with E-state index in [9.17, 15) is 9.18 Å². The summed E-state index contributed by atoms with van der Waals surface area (Å²) in [6.45, 7) is 0.401. The Morgan fingerprint density at radius 3 is 2.68 bits per heavy atom. The minimum atomic E-state index is -0.375. The van der Waals surface area contributed by atoms with Crippen LogP contribution < -0.4 is 10.1 Å². The number of anilines is 1. The molecule has 144 valence electrons. The number of pyridine rings is 1. The number of ether oxygens (including phenoxy) is 1. The van der Waals surface area contributed by atoms with Gasteiger partial charge in [0.2, 0.25) is 5.91 Å². The van der Waals surface area contributed by atoms with Crippen LogP contribution in [0.15, 0.2) is 54.9 Å². The predicted molar refractivity (Wildman–Crippen MR) is 103 cm³/mol. The zero-order valence-electron chi connectivity index (χ0n) is 15.3. The van der Waals surface area contributed by atoms with Crippen LogP contribution in [-0.4, -0.2) is 26.8 Å². The summed E-state index contributed by atoms with van der Waals surface area (Å²) < 4.78 is 20.4. The number of carbonyl (C=O) groups excluding carboxylic acids is 1. The monoisotopic (exact) mass is 380 g/mol. The third-order valence-corrected chi connectivity index (χ3v) is 4.66. The van der Waals surface area contributed by atoms with Gasteiger partial charge in [-0.3, -0.25) is 14.5 Å². The summed E-state index contributed by atoms with van der Waals surface area (Å²) in [5.41, 5.74) is 1.60. The first kappa shape index (κ1) is 18.2. The van der Waals surface area contributed by atoms with Gasteiger partial charge < -0.3 is 10.1 Å². The number of nitrogens with one attached hydrogen (secondary N) is 1. The molecule has 1 N–H and O–H groups in total. The number of nitrogens with zero attached hydrogens (tertiary/aromatic N) is 3. The highest BCUT2D eigenvalue weighted by Crippen LogP contribution is 2.25. The predicted octanol–water partition coefficient (Wildman–Crippen LogP) is 3.58. The Hall–Kier alpha value is -3.22. The number of benzene rings is 1. The Balaban J connectivity index is 1.28. The Kier molecular flexibility index (Phi) is 5.32. The third kappa shape index (κ3) is 4.73. The molecule has 0 aliphatic heterocycles. The van der Waals surface area contributed by atoms with E-state index in [-0.39, 0.29) is 18.1 Å². The maximum absolute atomic E-state index is 12.9. The van der Waals surface area contributed by atoms with Gasteiger partial charge in [-0.15, -0.1) is 0 Å². The quantitative estimate of drug-likeness (QED) is 0.680. The molecule has 1 aliphatic rings. The first-order chi connectivity index (χ1) is 13.6. The van der Waals surface area contributed by atoms with E-state index < -0.39 is 0 Å². The van der Waals surface area contributed by atoms with Crippen molar-refractivity contribution in [3.05, 3.63) is 71.9 Å². The summed E-state index contributed by atoms with van der Waals surface area (Å²) in [5, 5.41) is 7.09. The molecule has 0 spiro atoms. The lowest BCUT2D eigenvalue weighted by atomic mass is 9.96. The molecule has 1 aromatic carbocycles. The maximum Gasteiger partial charge on any atom is 0.229 e. The molecule has 3 aromatic rings. The summed E-state index contributed by atoms with van der Waals surface area (Å²) in [5.74, 6) is 0.802. The minimum Gasteiger partial charge on any atom is -0.490 e. The summed E-state index contributed by atoms with van der Waals surface area (Å²) >= 11 is 0. The van der Waals surface area contributed by atoms with E-state index in [1.165, 1.54) is 18.7 Å². The Bertz CT molecular complexity index is 934. The van der Waals surface area contributed by atoms with Crippen molar-refractivity contribution in [1.29, 1.82) is 0 Å². The second kappa shape index (κ2) is 8.21. The highest BCUT2D eigenvalue weighted by molar-refractivity contribution is 5.91. The smallest absolute Gasteiger partial charge is 0.229 e. The van der Waals surface area contributed by atoms with E-state index in [1.54, 1.807) is 23.0 Å². The van der Waals surface area contributed by atoms with Gasteiger partial charge in [-0.05, 0) is 49.1 Å². The van der Waals surface area contributed by atoms with Crippen LogP contribution in [0.25, 0.3) is 0 Å². The molecule has 28 heavy (non-hydrogen) atoms. The normalized spacial score (nSPS) is 13.8. The van der Waals surface area contributed by atoms with Gasteiger partial charge in [0.25, 0.3) is 0 Å². The van der Waals surface area contributed by atoms with E-state index in [4.69, 9.17) is 4.74 Å². The molecular formula is C21H21FN4O2. The molecule has 1 amide bonds. The fourth-order valence-electron chi connectivity index (χ4n) is 2.92. The number of hydrogen-bond acceptors (Lipinski definition) is 4. The van der Waals surface area contributed by atoms with Crippen molar-refractivity contribution >= 4 is 11.7 Å². The van der Waals surface area contributed by atoms with Gasteiger partial charge >= 0.3 is 0 Å². The van der Waals surface area contributed by atoms with E-state index in [0.29, 0.717) is 24.2 Å². The summed E-state index contributed by atoms with van der Waals surface area (Å²) in [4.78, 5) is 16.3. The molecule has 0 unspecified atom stereocenters. The molecule has 0 saturated heterocycles. The van der Waals surface area contributed by atoms with Gasteiger partial charge in [0.05, 0.1) is 31.0 Å². The standard InChI is InChI=1S/C21H21FN4O2/c22-16-6-7-17(23-13-16)14-26-11-10-20(25-26)24-21(27)12-15-4-8-19(9-5-15)28-18-2-1-3-18/h4-11,13,18H,1-3,12,14H2,(H,24,25,27). The molecule has 2 heterocycles. The van der Waals surface area contributed by atoms with Gasteiger partial charge in [-0.2, -0.15) is 5.10 Å². The molecule has 6 nitrogen and oxygen atoms in total. The second-order valence-electron chi connectivity index (χ2n) is 6.91. The van der Waals surface area contributed by atoms with E-state index in [0.717, 1.165) is 24.2 Å². The largest absolute Gasteiger partial charge is 0.490 e. The second-order valence-corrected chi connectivity index (χ2v) is 6.91. The average molecular weight is 380 g/mol. The van der Waals surface area contributed by atoms with Crippen LogP contribution in [0.3, 0.4) is 0 Å². The minimum absolute atomic E-state index is 0.141. The van der Waals surface area contributed by atoms with Crippen molar-refractivity contribution < 1.29 is 13.9 Å². The van der Waals surface area contributed by atoms with Crippen molar-refractivity contribution in [2.24, 2.45) is 0 Å². The fraction of sp³-hybridized carbons (Fsp3) is 0.286. The van der Waals surface area contributed by atoms with Crippen molar-refractivity contribution in [2.75, 3.05) is 5.32 Å². The van der Waals surface area contributed by atoms with E-state index >= 15 is 0 Å². The number of halogens is 1. The van der Waals surface area contributed by atoms with Crippen molar-refractivity contribution in [1.82, 2.24) is 14.8 Å². The van der Waals surface area contributed by atoms with Gasteiger partial charge in [0.15, 0.2) is 5.82 Å². The van der Waals surface area contributed by atoms with Crippen LogP contribution >= 0.6 is 0 Å². The van der Waals surface area contributed by atoms with Gasteiger partial charge in [0.1, 0.15) is 11.6 Å². The molecular weight excluding hydrogens is 359 g/mol. The van der Waals surface area contributed by atoms with Gasteiger partial charge in [-0.25, -0.2) is 4.39 Å². The summed E-state index contributed by atoms with van der Waals surface area (Å²) in [7, 11) is 0. The molecule has 0 bridgehead atoms. The molecule has 1 saturated carbocycles. The number of amides is 1. The number of hydrogen-bond donors (Lipinski definition) is 1. The Labute approximate surface area is 162 Å². The van der Waals surface area contributed by atoms with Crippen molar-refractivity contribution in [3.8, 4) is 5.75 Å². The van der Waals surface area contributed by atoms with Gasteiger partial charge in [0, 0.05) is 12.3 Å². The third-order valence-electron chi connectivity index (χ3n) is 4.66. The lowest BCUT2D eigenvalue weighted by Gasteiger charge is -2.26. The average Bonchev–Trinajstić information content (AvgIpc) is 3.08. The lowest BCUT2D eigenvalue weighted by molar-refractivity contribution is -0.115. The first-order valence-electron chi connectivity index (χ1n) is 9.33. The van der Waals surface area contributed by atoms with Crippen LogP contribution in [0.5, 0.6) is 5.75 Å². The van der Waals surface area contributed by atoms with Crippen LogP contribution in [0, 0.1) is 5.82 Å². The Morgan fingerprint density at radius 1 is 1.18 bits per heavy atom. The number of rotatable bonds is 7. The van der Waals surface area contributed by atoms with Crippen LogP contribution in [0.1, 0.15) is 30.5 Å². The number of aromatic nitrogens is 3. The van der Waals surface area contributed by atoms with Crippen LogP contribution in [-0.2, 0) is 17.8 Å². The van der Waals surface area contributed by atoms with Crippen molar-refractivity contribution in [3.63, 3.8) is 0 Å². The van der Waals surface area contributed by atoms with Crippen molar-refractivity contribution in [2.45, 2.75) is 38.3 Å². The highest BCUT2D eigenvalue weighted by Gasteiger charge is 2.18. The van der Waals surface area contributed by atoms with E-state index in [1.807, 2.05) is 24.3 Å². The summed E-state index contributed by atoms with van der Waals surface area (Å²) in [6, 6.07) is 12.3. The number of carbonyl (C=O) groups is 1. The molecule has 0 radical (unpaired) electrons. The summed E-state index contributed by atoms with van der Waals surface area (Å²) in [6.07, 6.45) is 6.99. The van der Waals surface area contributed by atoms with Gasteiger partial charge in [-0.1, -0.05) is 12.1 Å². The fourth-order valence-corrected chi connectivity index (χ4v) is 2.92. The van der Waals surface area contributed by atoms with Crippen LogP contribution in [0.2, 0.25) is 0 Å². The topological polar surface area (TPSA) is 69.0 Å². The molecule has 0 atom stereocenters. The first-order valence-corrected chi connectivity index (χ1v) is 9.33. The molecule has 7 heteroatoms.